The molecule has 1 saturated carbocycles. The zero-order valence-electron chi connectivity index (χ0n) is 16.4. The standard InChI is InChI=1S/C20H29N3O4/c1-22-10-12-23(13-11-22)19(25)20(7-8-20)18(24)21-9-6-15-4-5-16(26-2)17(14-15)27-3/h4-5,14H,6-13H2,1-3H3,(H,21,24). The summed E-state index contributed by atoms with van der Waals surface area (Å²) in [5.41, 5.74) is 0.219. The minimum absolute atomic E-state index is 0.000725. The predicted octanol–water partition coefficient (Wildman–Crippen LogP) is 0.917. The summed E-state index contributed by atoms with van der Waals surface area (Å²) in [6.45, 7) is 3.63. The Balaban J connectivity index is 1.52. The fraction of sp³-hybridized carbons (Fsp3) is 0.600. The maximum atomic E-state index is 12.8. The summed E-state index contributed by atoms with van der Waals surface area (Å²) in [6, 6.07) is 5.72. The SMILES string of the molecule is COc1ccc(CCNC(=O)C2(C(=O)N3CCN(C)CC3)CC2)cc1OC. The highest BCUT2D eigenvalue weighted by atomic mass is 16.5. The van der Waals surface area contributed by atoms with E-state index < -0.39 is 5.41 Å². The van der Waals surface area contributed by atoms with Crippen molar-refractivity contribution in [3.8, 4) is 11.5 Å². The van der Waals surface area contributed by atoms with Gasteiger partial charge >= 0.3 is 0 Å². The molecule has 2 fully saturated rings. The first kappa shape index (κ1) is 19.5. The average Bonchev–Trinajstić information content (AvgIpc) is 3.50. The lowest BCUT2D eigenvalue weighted by Gasteiger charge is -2.34. The Kier molecular flexibility index (Phi) is 5.89. The molecule has 0 radical (unpaired) electrons. The van der Waals surface area contributed by atoms with E-state index in [1.165, 1.54) is 0 Å². The van der Waals surface area contributed by atoms with E-state index in [0.29, 0.717) is 50.4 Å². The highest BCUT2D eigenvalue weighted by molar-refractivity contribution is 6.07. The number of piperazine rings is 1. The number of carbonyl (C=O) groups excluding carboxylic acids is 2. The van der Waals surface area contributed by atoms with Crippen LogP contribution in [0.25, 0.3) is 0 Å². The van der Waals surface area contributed by atoms with Crippen molar-refractivity contribution in [3.63, 3.8) is 0 Å². The molecule has 0 spiro atoms. The van der Waals surface area contributed by atoms with Crippen LogP contribution in [0.2, 0.25) is 0 Å². The molecule has 1 aromatic carbocycles. The number of nitrogens with zero attached hydrogens (tertiary/aromatic N) is 2. The molecule has 2 amide bonds. The quantitative estimate of drug-likeness (QED) is 0.718. The van der Waals surface area contributed by atoms with Crippen LogP contribution in [0.1, 0.15) is 18.4 Å². The molecule has 7 nitrogen and oxygen atoms in total. The van der Waals surface area contributed by atoms with Gasteiger partial charge < -0.3 is 24.6 Å². The van der Waals surface area contributed by atoms with Crippen LogP contribution in [0.5, 0.6) is 11.5 Å². The zero-order valence-corrected chi connectivity index (χ0v) is 16.4. The lowest BCUT2D eigenvalue weighted by molar-refractivity contribution is -0.145. The monoisotopic (exact) mass is 375 g/mol. The predicted molar refractivity (Wildman–Crippen MR) is 102 cm³/mol. The molecular formula is C20H29N3O4. The van der Waals surface area contributed by atoms with E-state index in [9.17, 15) is 9.59 Å². The van der Waals surface area contributed by atoms with Crippen LogP contribution in [0.15, 0.2) is 18.2 Å². The lowest BCUT2D eigenvalue weighted by atomic mass is 10.0. The molecule has 1 aromatic rings. The third-order valence-corrected chi connectivity index (χ3v) is 5.53. The molecule has 1 saturated heterocycles. The highest BCUT2D eigenvalue weighted by Gasteiger charge is 2.57. The number of likely N-dealkylation sites (N-methyl/N-ethyl adjacent to an activating group) is 1. The van der Waals surface area contributed by atoms with Gasteiger partial charge in [-0.3, -0.25) is 9.59 Å². The Bertz CT molecular complexity index is 694. The van der Waals surface area contributed by atoms with Gasteiger partial charge in [-0.15, -0.1) is 0 Å². The molecule has 2 aliphatic rings. The number of benzene rings is 1. The largest absolute Gasteiger partial charge is 0.493 e. The molecule has 3 rings (SSSR count). The van der Waals surface area contributed by atoms with Crippen LogP contribution in [0.4, 0.5) is 0 Å². The van der Waals surface area contributed by atoms with Gasteiger partial charge in [-0.2, -0.15) is 0 Å². The van der Waals surface area contributed by atoms with Gasteiger partial charge in [0.1, 0.15) is 5.41 Å². The number of methoxy groups -OCH3 is 2. The molecule has 1 N–H and O–H groups in total. The molecule has 27 heavy (non-hydrogen) atoms. The molecular weight excluding hydrogens is 346 g/mol. The molecule has 1 aliphatic carbocycles. The molecule has 0 atom stereocenters. The van der Waals surface area contributed by atoms with Gasteiger partial charge in [0, 0.05) is 32.7 Å². The number of amides is 2. The van der Waals surface area contributed by atoms with E-state index in [1.807, 2.05) is 23.1 Å². The van der Waals surface area contributed by atoms with E-state index in [-0.39, 0.29) is 11.8 Å². The van der Waals surface area contributed by atoms with E-state index in [2.05, 4.69) is 17.3 Å². The Morgan fingerprint density at radius 2 is 1.74 bits per heavy atom. The van der Waals surface area contributed by atoms with Crippen LogP contribution in [0, 0.1) is 5.41 Å². The number of hydrogen-bond donors (Lipinski definition) is 1. The molecule has 0 unspecified atom stereocenters. The first-order valence-corrected chi connectivity index (χ1v) is 9.47. The number of ether oxygens (including phenoxy) is 2. The van der Waals surface area contributed by atoms with Gasteiger partial charge in [0.05, 0.1) is 14.2 Å². The van der Waals surface area contributed by atoms with E-state index in [4.69, 9.17) is 9.47 Å². The summed E-state index contributed by atoms with van der Waals surface area (Å²) in [7, 11) is 5.25. The van der Waals surface area contributed by atoms with Gasteiger partial charge in [0.25, 0.3) is 0 Å². The first-order valence-electron chi connectivity index (χ1n) is 9.47. The van der Waals surface area contributed by atoms with Gasteiger partial charge in [-0.25, -0.2) is 0 Å². The van der Waals surface area contributed by atoms with Crippen molar-refractivity contribution in [2.45, 2.75) is 19.3 Å². The lowest BCUT2D eigenvalue weighted by Crippen LogP contribution is -2.52. The smallest absolute Gasteiger partial charge is 0.238 e. The van der Waals surface area contributed by atoms with Crippen molar-refractivity contribution < 1.29 is 19.1 Å². The third-order valence-electron chi connectivity index (χ3n) is 5.53. The summed E-state index contributed by atoms with van der Waals surface area (Å²) in [6.07, 6.45) is 1.98. The fourth-order valence-corrected chi connectivity index (χ4v) is 3.50. The number of nitrogens with one attached hydrogen (secondary N) is 1. The van der Waals surface area contributed by atoms with E-state index >= 15 is 0 Å². The van der Waals surface area contributed by atoms with Crippen LogP contribution in [0.3, 0.4) is 0 Å². The van der Waals surface area contributed by atoms with Crippen molar-refractivity contribution in [2.75, 3.05) is 54.0 Å². The van der Waals surface area contributed by atoms with Crippen molar-refractivity contribution in [2.24, 2.45) is 5.41 Å². The molecule has 0 bridgehead atoms. The summed E-state index contributed by atoms with van der Waals surface area (Å²) in [4.78, 5) is 29.6. The summed E-state index contributed by atoms with van der Waals surface area (Å²) in [5.74, 6) is 1.22. The van der Waals surface area contributed by atoms with E-state index in [0.717, 1.165) is 18.7 Å². The molecule has 1 aliphatic heterocycles. The Morgan fingerprint density at radius 3 is 2.33 bits per heavy atom. The Morgan fingerprint density at radius 1 is 1.07 bits per heavy atom. The van der Waals surface area contributed by atoms with Crippen LogP contribution < -0.4 is 14.8 Å². The third kappa shape index (κ3) is 4.18. The summed E-state index contributed by atoms with van der Waals surface area (Å²) in [5, 5.41) is 2.96. The van der Waals surface area contributed by atoms with Crippen LogP contribution in [-0.2, 0) is 16.0 Å². The van der Waals surface area contributed by atoms with Crippen molar-refractivity contribution in [1.82, 2.24) is 15.1 Å². The average molecular weight is 375 g/mol. The summed E-state index contributed by atoms with van der Waals surface area (Å²) < 4.78 is 10.5. The van der Waals surface area contributed by atoms with Gasteiger partial charge in [0.2, 0.25) is 11.8 Å². The topological polar surface area (TPSA) is 71.1 Å². The van der Waals surface area contributed by atoms with Crippen molar-refractivity contribution >= 4 is 11.8 Å². The van der Waals surface area contributed by atoms with Crippen LogP contribution >= 0.6 is 0 Å². The minimum Gasteiger partial charge on any atom is -0.493 e. The maximum Gasteiger partial charge on any atom is 0.238 e. The second kappa shape index (κ2) is 8.17. The molecule has 148 valence electrons. The zero-order chi connectivity index (χ0) is 19.4. The van der Waals surface area contributed by atoms with Crippen molar-refractivity contribution in [1.29, 1.82) is 0 Å². The fourth-order valence-electron chi connectivity index (χ4n) is 3.50. The normalized spacial score (nSPS) is 18.7. The second-order valence-corrected chi connectivity index (χ2v) is 7.37. The number of rotatable bonds is 7. The number of hydrogen-bond acceptors (Lipinski definition) is 5. The van der Waals surface area contributed by atoms with Crippen LogP contribution in [-0.4, -0.2) is 75.6 Å². The molecule has 0 aromatic heterocycles. The van der Waals surface area contributed by atoms with Gasteiger partial charge in [-0.1, -0.05) is 6.07 Å². The molecule has 1 heterocycles. The number of carbonyl (C=O) groups is 2. The summed E-state index contributed by atoms with van der Waals surface area (Å²) >= 11 is 0. The maximum absolute atomic E-state index is 12.8. The highest BCUT2D eigenvalue weighted by Crippen LogP contribution is 2.47. The van der Waals surface area contributed by atoms with Gasteiger partial charge in [-0.05, 0) is 44.0 Å². The van der Waals surface area contributed by atoms with E-state index in [1.54, 1.807) is 14.2 Å². The van der Waals surface area contributed by atoms with Gasteiger partial charge in [0.15, 0.2) is 11.5 Å². The Labute approximate surface area is 160 Å². The molecule has 7 heteroatoms. The van der Waals surface area contributed by atoms with Crippen molar-refractivity contribution in [3.05, 3.63) is 23.8 Å². The first-order chi connectivity index (χ1) is 13.0. The minimum atomic E-state index is -0.826. The Hall–Kier alpha value is -2.28. The second-order valence-electron chi connectivity index (χ2n) is 7.37.